The Hall–Kier alpha value is -2.50. The molecule has 0 saturated carbocycles. The van der Waals surface area contributed by atoms with Crippen molar-refractivity contribution in [1.82, 2.24) is 4.98 Å². The fraction of sp³-hybridized carbons (Fsp3) is 0. The third-order valence-corrected chi connectivity index (χ3v) is 1.78. The number of carboxylic acid groups (broad SMARTS) is 2. The van der Waals surface area contributed by atoms with Crippen molar-refractivity contribution in [3.8, 4) is 0 Å². The van der Waals surface area contributed by atoms with Gasteiger partial charge in [0.05, 0.1) is 5.52 Å². The second-order valence-corrected chi connectivity index (χ2v) is 2.92. The molecule has 0 atom stereocenters. The van der Waals surface area contributed by atoms with E-state index in [1.807, 2.05) is 0 Å². The Labute approximate surface area is 95.1 Å². The Bertz CT molecular complexity index is 539. The quantitative estimate of drug-likeness (QED) is 0.678. The molecule has 0 radical (unpaired) electrons. The number of hydrogen-bond acceptors (Lipinski definition) is 3. The normalized spacial score (nSPS) is 9.24. The van der Waals surface area contributed by atoms with Crippen LogP contribution in [0.5, 0.6) is 0 Å². The van der Waals surface area contributed by atoms with Crippen molar-refractivity contribution in [1.29, 1.82) is 0 Å². The Balaban J connectivity index is 0.000000209. The third kappa shape index (κ3) is 3.53. The second kappa shape index (κ2) is 5.55. The maximum absolute atomic E-state index is 12.9. The molecule has 1 aromatic carbocycles. The van der Waals surface area contributed by atoms with Crippen LogP contribution in [-0.2, 0) is 9.59 Å². The highest BCUT2D eigenvalue weighted by Crippen LogP contribution is 2.13. The first kappa shape index (κ1) is 12.6. The largest absolute Gasteiger partial charge is 0.473 e. The topological polar surface area (TPSA) is 87.5 Å². The molecule has 6 heteroatoms. The summed E-state index contributed by atoms with van der Waals surface area (Å²) in [6.07, 6.45) is 1.65. The molecule has 0 saturated heterocycles. The summed E-state index contributed by atoms with van der Waals surface area (Å²) in [4.78, 5) is 22.2. The number of rotatable bonds is 0. The molecule has 0 aliphatic rings. The van der Waals surface area contributed by atoms with Crippen molar-refractivity contribution in [3.05, 3.63) is 42.3 Å². The van der Waals surface area contributed by atoms with E-state index in [4.69, 9.17) is 19.8 Å². The Morgan fingerprint density at radius 3 is 2.24 bits per heavy atom. The average Bonchev–Trinajstić information content (AvgIpc) is 2.30. The lowest BCUT2D eigenvalue weighted by Crippen LogP contribution is -2.09. The van der Waals surface area contributed by atoms with Gasteiger partial charge in [-0.05, 0) is 24.3 Å². The number of hydrogen-bond donors (Lipinski definition) is 2. The summed E-state index contributed by atoms with van der Waals surface area (Å²) in [5.41, 5.74) is 0.701. The van der Waals surface area contributed by atoms with E-state index in [0.29, 0.717) is 10.9 Å². The Kier molecular flexibility index (Phi) is 4.10. The van der Waals surface area contributed by atoms with Crippen LogP contribution in [0.15, 0.2) is 36.5 Å². The van der Waals surface area contributed by atoms with Gasteiger partial charge >= 0.3 is 11.9 Å². The van der Waals surface area contributed by atoms with Gasteiger partial charge in [-0.2, -0.15) is 0 Å². The predicted molar refractivity (Wildman–Crippen MR) is 57.0 cm³/mol. The van der Waals surface area contributed by atoms with Gasteiger partial charge in [-0.25, -0.2) is 14.0 Å². The van der Waals surface area contributed by atoms with Crippen LogP contribution in [0.3, 0.4) is 0 Å². The van der Waals surface area contributed by atoms with Crippen LogP contribution in [0, 0.1) is 5.82 Å². The van der Waals surface area contributed by atoms with Crippen LogP contribution in [0.1, 0.15) is 0 Å². The van der Waals surface area contributed by atoms with E-state index in [9.17, 15) is 4.39 Å². The minimum absolute atomic E-state index is 0.212. The Morgan fingerprint density at radius 2 is 1.71 bits per heavy atom. The monoisotopic (exact) mass is 237 g/mol. The van der Waals surface area contributed by atoms with Crippen molar-refractivity contribution < 1.29 is 24.2 Å². The lowest BCUT2D eigenvalue weighted by Gasteiger charge is -1.95. The maximum Gasteiger partial charge on any atom is 0.414 e. The summed E-state index contributed by atoms with van der Waals surface area (Å²) >= 11 is 0. The summed E-state index contributed by atoms with van der Waals surface area (Å²) in [6.45, 7) is 0. The highest BCUT2D eigenvalue weighted by atomic mass is 19.1. The van der Waals surface area contributed by atoms with Crippen molar-refractivity contribution in [2.24, 2.45) is 0 Å². The molecule has 0 aliphatic heterocycles. The van der Waals surface area contributed by atoms with E-state index in [0.717, 1.165) is 0 Å². The number of aliphatic carboxylic acids is 2. The molecule has 1 heterocycles. The molecule has 1 aromatic heterocycles. The summed E-state index contributed by atoms with van der Waals surface area (Å²) in [6, 6.07) is 8.33. The lowest BCUT2D eigenvalue weighted by molar-refractivity contribution is -0.159. The molecule has 17 heavy (non-hydrogen) atoms. The van der Waals surface area contributed by atoms with E-state index in [-0.39, 0.29) is 5.82 Å². The SMILES string of the molecule is Fc1cccc2ncccc12.O=C(O)C(=O)O. The van der Waals surface area contributed by atoms with Crippen molar-refractivity contribution in [2.45, 2.75) is 0 Å². The minimum atomic E-state index is -1.82. The third-order valence-electron chi connectivity index (χ3n) is 1.78. The highest BCUT2D eigenvalue weighted by Gasteiger charge is 2.04. The number of benzene rings is 1. The molecule has 2 N–H and O–H groups in total. The van der Waals surface area contributed by atoms with Gasteiger partial charge in [0.25, 0.3) is 0 Å². The molecule has 0 fully saturated rings. The van der Waals surface area contributed by atoms with Gasteiger partial charge in [-0.15, -0.1) is 0 Å². The predicted octanol–water partition coefficient (Wildman–Crippen LogP) is 1.53. The first-order chi connectivity index (χ1) is 8.02. The summed E-state index contributed by atoms with van der Waals surface area (Å²) in [5, 5.41) is 15.4. The van der Waals surface area contributed by atoms with Gasteiger partial charge in [0, 0.05) is 11.6 Å². The molecular formula is C11H8FNO4. The van der Waals surface area contributed by atoms with Crippen LogP contribution in [0.2, 0.25) is 0 Å². The van der Waals surface area contributed by atoms with Crippen LogP contribution < -0.4 is 0 Å². The number of nitrogens with zero attached hydrogens (tertiary/aromatic N) is 1. The molecular weight excluding hydrogens is 229 g/mol. The first-order valence-corrected chi connectivity index (χ1v) is 4.48. The van der Waals surface area contributed by atoms with Crippen LogP contribution in [0.25, 0.3) is 10.9 Å². The van der Waals surface area contributed by atoms with E-state index in [1.165, 1.54) is 6.07 Å². The minimum Gasteiger partial charge on any atom is -0.473 e. The summed E-state index contributed by atoms with van der Waals surface area (Å²) in [5.74, 6) is -3.86. The molecule has 0 aliphatic carbocycles. The van der Waals surface area contributed by atoms with Crippen LogP contribution in [-0.4, -0.2) is 27.1 Å². The Morgan fingerprint density at radius 1 is 1.06 bits per heavy atom. The summed E-state index contributed by atoms with van der Waals surface area (Å²) < 4.78 is 12.9. The van der Waals surface area contributed by atoms with Gasteiger partial charge in [0.15, 0.2) is 0 Å². The molecule has 0 bridgehead atoms. The molecule has 5 nitrogen and oxygen atoms in total. The van der Waals surface area contributed by atoms with E-state index in [2.05, 4.69) is 4.98 Å². The number of fused-ring (bicyclic) bond motifs is 1. The smallest absolute Gasteiger partial charge is 0.414 e. The zero-order valence-corrected chi connectivity index (χ0v) is 8.50. The average molecular weight is 237 g/mol. The number of halogens is 1. The molecule has 2 rings (SSSR count). The van der Waals surface area contributed by atoms with Crippen molar-refractivity contribution in [2.75, 3.05) is 0 Å². The van der Waals surface area contributed by atoms with Gasteiger partial charge in [-0.3, -0.25) is 4.98 Å². The van der Waals surface area contributed by atoms with E-state index < -0.39 is 11.9 Å². The second-order valence-electron chi connectivity index (χ2n) is 2.92. The standard InChI is InChI=1S/C9H6FN.C2H2O4/c10-8-4-1-5-9-7(8)3-2-6-11-9;3-1(4)2(5)6/h1-6H;(H,3,4)(H,5,6). The zero-order chi connectivity index (χ0) is 12.8. The van der Waals surface area contributed by atoms with Crippen molar-refractivity contribution >= 4 is 22.8 Å². The fourth-order valence-electron chi connectivity index (χ4n) is 1.07. The van der Waals surface area contributed by atoms with Gasteiger partial charge in [0.1, 0.15) is 5.82 Å². The molecule has 88 valence electrons. The zero-order valence-electron chi connectivity index (χ0n) is 8.50. The maximum atomic E-state index is 12.9. The molecule has 0 spiro atoms. The van der Waals surface area contributed by atoms with Crippen LogP contribution in [0.4, 0.5) is 4.39 Å². The van der Waals surface area contributed by atoms with Gasteiger partial charge < -0.3 is 10.2 Å². The first-order valence-electron chi connectivity index (χ1n) is 4.48. The number of aromatic nitrogens is 1. The number of carboxylic acids is 2. The van der Waals surface area contributed by atoms with E-state index >= 15 is 0 Å². The number of pyridine rings is 1. The van der Waals surface area contributed by atoms with Gasteiger partial charge in [0.2, 0.25) is 0 Å². The number of carbonyl (C=O) groups is 2. The molecule has 2 aromatic rings. The van der Waals surface area contributed by atoms with Crippen molar-refractivity contribution in [3.63, 3.8) is 0 Å². The fourth-order valence-corrected chi connectivity index (χ4v) is 1.07. The van der Waals surface area contributed by atoms with Gasteiger partial charge in [-0.1, -0.05) is 6.07 Å². The molecule has 0 unspecified atom stereocenters. The van der Waals surface area contributed by atoms with E-state index in [1.54, 1.807) is 30.5 Å². The summed E-state index contributed by atoms with van der Waals surface area (Å²) in [7, 11) is 0. The molecule has 0 amide bonds. The van der Waals surface area contributed by atoms with Crippen LogP contribution >= 0.6 is 0 Å². The highest BCUT2D eigenvalue weighted by molar-refractivity contribution is 6.27. The lowest BCUT2D eigenvalue weighted by atomic mass is 10.2.